The van der Waals surface area contributed by atoms with E-state index < -0.39 is 23.5 Å². The zero-order valence-corrected chi connectivity index (χ0v) is 13.9. The van der Waals surface area contributed by atoms with Gasteiger partial charge in [-0.25, -0.2) is 9.97 Å². The van der Waals surface area contributed by atoms with Gasteiger partial charge in [0.25, 0.3) is 0 Å². The van der Waals surface area contributed by atoms with E-state index >= 15 is 0 Å². The highest BCUT2D eigenvalue weighted by molar-refractivity contribution is 5.74. The van der Waals surface area contributed by atoms with Gasteiger partial charge in [0.2, 0.25) is 0 Å². The molecule has 1 aromatic heterocycles. The second kappa shape index (κ2) is 7.37. The monoisotopic (exact) mass is 398 g/mol. The number of hydrogen-bond acceptors (Lipinski definition) is 4. The van der Waals surface area contributed by atoms with Crippen molar-refractivity contribution in [2.75, 3.05) is 10.6 Å². The van der Waals surface area contributed by atoms with Crippen molar-refractivity contribution in [3.05, 3.63) is 72.1 Å². The Morgan fingerprint density at radius 3 is 1.29 bits per heavy atom. The van der Waals surface area contributed by atoms with Crippen LogP contribution < -0.4 is 10.6 Å². The quantitative estimate of drug-likeness (QED) is 0.529. The number of para-hydroxylation sites is 2. The highest BCUT2D eigenvalue weighted by Crippen LogP contribution is 2.38. The molecule has 28 heavy (non-hydrogen) atoms. The van der Waals surface area contributed by atoms with Crippen molar-refractivity contribution >= 4 is 23.0 Å². The number of hydrogen-bond donors (Lipinski definition) is 2. The van der Waals surface area contributed by atoms with Crippen molar-refractivity contribution in [1.29, 1.82) is 0 Å². The first kappa shape index (κ1) is 19.5. The summed E-state index contributed by atoms with van der Waals surface area (Å²) in [7, 11) is 0. The zero-order valence-electron chi connectivity index (χ0n) is 13.9. The second-order valence-electron chi connectivity index (χ2n) is 5.59. The Hall–Kier alpha value is -3.30. The molecule has 0 unspecified atom stereocenters. The fourth-order valence-electron chi connectivity index (χ4n) is 2.45. The van der Waals surface area contributed by atoms with Crippen LogP contribution in [0.4, 0.5) is 49.4 Å². The summed E-state index contributed by atoms with van der Waals surface area (Å²) in [5, 5.41) is 4.98. The summed E-state index contributed by atoms with van der Waals surface area (Å²) in [6.45, 7) is 0. The van der Waals surface area contributed by atoms with E-state index in [0.717, 1.165) is 12.1 Å². The van der Waals surface area contributed by atoms with Gasteiger partial charge in [-0.1, -0.05) is 24.3 Å². The first-order valence-electron chi connectivity index (χ1n) is 7.84. The van der Waals surface area contributed by atoms with Crippen LogP contribution in [0.5, 0.6) is 0 Å². The van der Waals surface area contributed by atoms with Crippen molar-refractivity contribution in [2.24, 2.45) is 0 Å². The molecule has 0 saturated heterocycles. The van der Waals surface area contributed by atoms with Crippen LogP contribution in [0.3, 0.4) is 0 Å². The predicted octanol–water partition coefficient (Wildman–Crippen LogP) is 6.00. The van der Waals surface area contributed by atoms with Crippen molar-refractivity contribution in [3.63, 3.8) is 0 Å². The van der Waals surface area contributed by atoms with Gasteiger partial charge < -0.3 is 10.6 Å². The molecule has 3 aromatic rings. The summed E-state index contributed by atoms with van der Waals surface area (Å²) in [5.41, 5.74) is -2.49. The van der Waals surface area contributed by atoms with Crippen molar-refractivity contribution in [1.82, 2.24) is 9.97 Å². The van der Waals surface area contributed by atoms with Gasteiger partial charge >= 0.3 is 12.4 Å². The number of nitrogens with one attached hydrogen (secondary N) is 2. The normalized spacial score (nSPS) is 11.9. The van der Waals surface area contributed by atoms with E-state index in [0.29, 0.717) is 0 Å². The fraction of sp³-hybridized carbons (Fsp3) is 0.111. The van der Waals surface area contributed by atoms with Crippen LogP contribution in [0.1, 0.15) is 11.1 Å². The molecule has 2 N–H and O–H groups in total. The lowest BCUT2D eigenvalue weighted by Gasteiger charge is -2.17. The van der Waals surface area contributed by atoms with E-state index in [9.17, 15) is 26.3 Å². The minimum absolute atomic E-state index is 0.156. The summed E-state index contributed by atoms with van der Waals surface area (Å²) in [6, 6.07) is 9.36. The molecule has 1 heterocycles. The highest BCUT2D eigenvalue weighted by Gasteiger charge is 2.34. The standard InChI is InChI=1S/C18H12F6N4/c19-17(20,21)11-5-1-3-7-13(11)27-15-16(26-10-9-25-15)28-14-8-4-2-6-12(14)18(22,23)24/h1-10H,(H,25,27)(H,26,28). The van der Waals surface area contributed by atoms with Crippen LogP contribution in [0.25, 0.3) is 0 Å². The molecule has 3 rings (SSSR count). The first-order chi connectivity index (χ1) is 13.2. The van der Waals surface area contributed by atoms with Crippen LogP contribution in [0, 0.1) is 0 Å². The van der Waals surface area contributed by atoms with Crippen LogP contribution in [-0.4, -0.2) is 9.97 Å². The highest BCUT2D eigenvalue weighted by atomic mass is 19.4. The number of alkyl halides is 6. The van der Waals surface area contributed by atoms with E-state index in [-0.39, 0.29) is 23.0 Å². The number of benzene rings is 2. The Morgan fingerprint density at radius 1 is 0.571 bits per heavy atom. The molecule has 0 radical (unpaired) electrons. The Labute approximate surface area is 155 Å². The molecule has 2 aromatic carbocycles. The molecule has 0 bridgehead atoms. The largest absolute Gasteiger partial charge is 0.418 e. The van der Waals surface area contributed by atoms with Crippen molar-refractivity contribution in [3.8, 4) is 0 Å². The van der Waals surface area contributed by atoms with Gasteiger partial charge in [-0.05, 0) is 24.3 Å². The second-order valence-corrected chi connectivity index (χ2v) is 5.59. The average Bonchev–Trinajstić information content (AvgIpc) is 2.62. The summed E-state index contributed by atoms with van der Waals surface area (Å²) < 4.78 is 79.0. The summed E-state index contributed by atoms with van der Waals surface area (Å²) in [5.74, 6) is -0.313. The van der Waals surface area contributed by atoms with Gasteiger partial charge in [0.15, 0.2) is 11.6 Å². The third-order valence-corrected chi connectivity index (χ3v) is 3.67. The number of nitrogens with zero attached hydrogens (tertiary/aromatic N) is 2. The Bertz CT molecular complexity index is 890. The third kappa shape index (κ3) is 4.33. The van der Waals surface area contributed by atoms with Gasteiger partial charge in [0, 0.05) is 12.4 Å². The molecule has 10 heteroatoms. The van der Waals surface area contributed by atoms with Gasteiger partial charge in [0.1, 0.15) is 0 Å². The Balaban J connectivity index is 1.97. The molecule has 146 valence electrons. The maximum Gasteiger partial charge on any atom is 0.418 e. The molecule has 0 amide bonds. The SMILES string of the molecule is FC(F)(F)c1ccccc1Nc1nccnc1Nc1ccccc1C(F)(F)F. The van der Waals surface area contributed by atoms with Crippen LogP contribution in [0.2, 0.25) is 0 Å². The average molecular weight is 398 g/mol. The summed E-state index contributed by atoms with van der Waals surface area (Å²) >= 11 is 0. The molecule has 0 aliphatic carbocycles. The lowest BCUT2D eigenvalue weighted by molar-refractivity contribution is -0.137. The van der Waals surface area contributed by atoms with Gasteiger partial charge in [-0.2, -0.15) is 26.3 Å². The Kier molecular flexibility index (Phi) is 5.12. The number of aromatic nitrogens is 2. The molecule has 0 aliphatic rings. The topological polar surface area (TPSA) is 49.8 Å². The number of rotatable bonds is 4. The van der Waals surface area contributed by atoms with Crippen LogP contribution >= 0.6 is 0 Å². The molecule has 0 fully saturated rings. The smallest absolute Gasteiger partial charge is 0.337 e. The third-order valence-electron chi connectivity index (χ3n) is 3.67. The molecule has 0 aliphatic heterocycles. The van der Waals surface area contributed by atoms with E-state index in [1.165, 1.54) is 48.8 Å². The van der Waals surface area contributed by atoms with Crippen LogP contribution in [-0.2, 0) is 12.4 Å². The maximum absolute atomic E-state index is 13.2. The van der Waals surface area contributed by atoms with E-state index in [1.54, 1.807) is 0 Å². The summed E-state index contributed by atoms with van der Waals surface area (Å²) in [4.78, 5) is 7.80. The van der Waals surface area contributed by atoms with Crippen LogP contribution in [0.15, 0.2) is 60.9 Å². The van der Waals surface area contributed by atoms with E-state index in [1.807, 2.05) is 0 Å². The van der Waals surface area contributed by atoms with Gasteiger partial charge in [-0.15, -0.1) is 0 Å². The number of halogens is 6. The maximum atomic E-state index is 13.2. The fourth-order valence-corrected chi connectivity index (χ4v) is 2.45. The molecular formula is C18H12F6N4. The van der Waals surface area contributed by atoms with Crippen molar-refractivity contribution in [2.45, 2.75) is 12.4 Å². The van der Waals surface area contributed by atoms with E-state index in [2.05, 4.69) is 20.6 Å². The van der Waals surface area contributed by atoms with Gasteiger partial charge in [-0.3, -0.25) is 0 Å². The molecule has 0 atom stereocenters. The van der Waals surface area contributed by atoms with E-state index in [4.69, 9.17) is 0 Å². The minimum Gasteiger partial charge on any atom is -0.337 e. The molecular weight excluding hydrogens is 386 g/mol. The van der Waals surface area contributed by atoms with Gasteiger partial charge in [0.05, 0.1) is 22.5 Å². The lowest BCUT2D eigenvalue weighted by Crippen LogP contribution is -2.11. The minimum atomic E-state index is -4.62. The molecule has 0 spiro atoms. The summed E-state index contributed by atoms with van der Waals surface area (Å²) in [6.07, 6.45) is -6.83. The lowest BCUT2D eigenvalue weighted by atomic mass is 10.1. The molecule has 4 nitrogen and oxygen atoms in total. The molecule has 0 saturated carbocycles. The Morgan fingerprint density at radius 2 is 0.929 bits per heavy atom. The number of anilines is 4. The predicted molar refractivity (Wildman–Crippen MR) is 91.5 cm³/mol. The first-order valence-corrected chi connectivity index (χ1v) is 7.84. The zero-order chi connectivity index (χ0) is 20.4. The van der Waals surface area contributed by atoms with Crippen molar-refractivity contribution < 1.29 is 26.3 Å².